The zero-order valence-electron chi connectivity index (χ0n) is 5.93. The van der Waals surface area contributed by atoms with E-state index in [1.807, 2.05) is 0 Å². The largest absolute Gasteiger partial charge is 1.00 e. The fourth-order valence-electron chi connectivity index (χ4n) is 0.802. The fraction of sp³-hybridized carbons (Fsp3) is 0.125. The van der Waals surface area contributed by atoms with Crippen LogP contribution in [0.15, 0.2) is 24.3 Å². The van der Waals surface area contributed by atoms with Crippen molar-refractivity contribution >= 4 is 5.97 Å². The number of carboxylic acids is 1. The van der Waals surface area contributed by atoms with Gasteiger partial charge in [0.2, 0.25) is 0 Å². The van der Waals surface area contributed by atoms with Crippen molar-refractivity contribution in [3.8, 4) is 0 Å². The molecule has 1 aromatic rings. The van der Waals surface area contributed by atoms with E-state index in [2.05, 4.69) is 0 Å². The van der Waals surface area contributed by atoms with Gasteiger partial charge in [-0.2, -0.15) is 0 Å². The van der Waals surface area contributed by atoms with Crippen LogP contribution in [-0.4, -0.2) is 5.97 Å². The van der Waals surface area contributed by atoms with Crippen molar-refractivity contribution in [2.75, 3.05) is 0 Å². The third-order valence-corrected chi connectivity index (χ3v) is 1.36. The molecule has 0 atom stereocenters. The second-order valence-corrected chi connectivity index (χ2v) is 2.10. The normalized spacial score (nSPS) is 8.45. The minimum absolute atomic E-state index is 0. The molecule has 3 heteroatoms. The predicted octanol–water partition coefficient (Wildman–Crippen LogP) is 0.356. The minimum Gasteiger partial charge on any atom is -0.545 e. The molecule has 0 aliphatic carbocycles. The fourth-order valence-corrected chi connectivity index (χ4v) is 0.802. The molecule has 1 rings (SSSR count). The number of benzene rings is 1. The first-order valence-corrected chi connectivity index (χ1v) is 2.99. The van der Waals surface area contributed by atoms with Crippen molar-refractivity contribution in [1.82, 2.24) is 0 Å². The average molecular weight is 243 g/mol. The Bertz CT molecular complexity index is 258. The molecule has 0 saturated carbocycles. The first kappa shape index (κ1) is 10.4. The Hall–Kier alpha value is -0.570. The van der Waals surface area contributed by atoms with Gasteiger partial charge in [-0.1, -0.05) is 24.3 Å². The van der Waals surface area contributed by atoms with Gasteiger partial charge >= 0.3 is 22.4 Å². The summed E-state index contributed by atoms with van der Waals surface area (Å²) in [6.07, 6.45) is 0. The molecule has 0 radical (unpaired) electrons. The molecule has 0 fully saturated rings. The molecule has 1 aromatic carbocycles. The van der Waals surface area contributed by atoms with E-state index in [-0.39, 0.29) is 27.9 Å². The molecule has 0 heterocycles. The van der Waals surface area contributed by atoms with Crippen molar-refractivity contribution in [3.05, 3.63) is 35.4 Å². The number of hydrogen-bond donors (Lipinski definition) is 0. The summed E-state index contributed by atoms with van der Waals surface area (Å²) in [7, 11) is 0. The monoisotopic (exact) mass is 242 g/mol. The van der Waals surface area contributed by atoms with E-state index >= 15 is 0 Å². The summed E-state index contributed by atoms with van der Waals surface area (Å²) in [5, 5.41) is 10.3. The molecule has 0 amide bonds. The summed E-state index contributed by atoms with van der Waals surface area (Å²) in [6, 6.07) is 6.75. The Labute approximate surface area is 80.8 Å². The van der Waals surface area contributed by atoms with E-state index in [1.165, 1.54) is 6.07 Å². The van der Waals surface area contributed by atoms with Gasteiger partial charge in [0.25, 0.3) is 0 Å². The van der Waals surface area contributed by atoms with Crippen LogP contribution in [0.4, 0.5) is 0 Å². The van der Waals surface area contributed by atoms with Crippen LogP contribution in [0.2, 0.25) is 0 Å². The van der Waals surface area contributed by atoms with E-state index in [0.29, 0.717) is 0 Å². The van der Waals surface area contributed by atoms with Crippen LogP contribution >= 0.6 is 0 Å². The van der Waals surface area contributed by atoms with Crippen LogP contribution in [0.25, 0.3) is 0 Å². The first-order valence-electron chi connectivity index (χ1n) is 2.99. The van der Waals surface area contributed by atoms with E-state index < -0.39 is 5.97 Å². The molecular weight excluding hydrogens is 236 g/mol. The van der Waals surface area contributed by atoms with Gasteiger partial charge in [0, 0.05) is 5.56 Å². The van der Waals surface area contributed by atoms with Gasteiger partial charge in [-0.05, 0) is 12.5 Å². The van der Waals surface area contributed by atoms with Crippen LogP contribution in [0.3, 0.4) is 0 Å². The number of aryl methyl sites for hydroxylation is 1. The van der Waals surface area contributed by atoms with Crippen LogP contribution in [0, 0.1) is 6.92 Å². The smallest absolute Gasteiger partial charge is 0.545 e. The molecule has 2 nitrogen and oxygen atoms in total. The van der Waals surface area contributed by atoms with E-state index in [0.717, 1.165) is 5.56 Å². The van der Waals surface area contributed by atoms with Crippen molar-refractivity contribution in [1.29, 1.82) is 0 Å². The van der Waals surface area contributed by atoms with Crippen LogP contribution in [-0.2, 0) is 22.4 Å². The van der Waals surface area contributed by atoms with E-state index in [4.69, 9.17) is 0 Å². The van der Waals surface area contributed by atoms with E-state index in [9.17, 15) is 9.90 Å². The Kier molecular flexibility index (Phi) is 4.11. The van der Waals surface area contributed by atoms with Crippen LogP contribution in [0.1, 0.15) is 15.9 Å². The van der Waals surface area contributed by atoms with Crippen LogP contribution < -0.4 is 5.11 Å². The van der Waals surface area contributed by atoms with Crippen molar-refractivity contribution in [2.45, 2.75) is 6.92 Å². The maximum atomic E-state index is 10.3. The maximum Gasteiger partial charge on any atom is 1.00 e. The summed E-state index contributed by atoms with van der Waals surface area (Å²) < 4.78 is 0. The summed E-state index contributed by atoms with van der Waals surface area (Å²) in [5.41, 5.74) is 1.00. The number of carboxylic acid groups (broad SMARTS) is 1. The topological polar surface area (TPSA) is 40.1 Å². The molecule has 62 valence electrons. The maximum absolute atomic E-state index is 10.3. The van der Waals surface area contributed by atoms with Crippen molar-refractivity contribution in [2.24, 2.45) is 0 Å². The summed E-state index contributed by atoms with van der Waals surface area (Å²) in [6.45, 7) is 1.74. The number of hydrogen-bond acceptors (Lipinski definition) is 2. The molecule has 11 heavy (non-hydrogen) atoms. The second-order valence-electron chi connectivity index (χ2n) is 2.10. The van der Waals surface area contributed by atoms with Gasteiger partial charge in [0.15, 0.2) is 0 Å². The van der Waals surface area contributed by atoms with Gasteiger partial charge in [0.05, 0.1) is 5.97 Å². The summed E-state index contributed by atoms with van der Waals surface area (Å²) >= 11 is 0. The summed E-state index contributed by atoms with van der Waals surface area (Å²) in [4.78, 5) is 10.3. The molecule has 0 aromatic heterocycles. The second kappa shape index (κ2) is 4.34. The standard InChI is InChI=1S/C8H8O2.Ag/c1-6-4-2-3-5-7(6)8(9)10;/h2-5H,1H3,(H,9,10);/q;+1/p-1. The first-order chi connectivity index (χ1) is 4.72. The molecular formula is C8H7AgO2. The zero-order chi connectivity index (χ0) is 7.56. The van der Waals surface area contributed by atoms with Crippen molar-refractivity contribution in [3.63, 3.8) is 0 Å². The number of rotatable bonds is 1. The molecule has 0 aliphatic rings. The Morgan fingerprint density at radius 2 is 1.91 bits per heavy atom. The van der Waals surface area contributed by atoms with Crippen molar-refractivity contribution < 1.29 is 32.3 Å². The Balaban J connectivity index is 0.000001000. The average Bonchev–Trinajstić information content (AvgIpc) is 1.88. The molecule has 0 aliphatic heterocycles. The van der Waals surface area contributed by atoms with Gasteiger partial charge in [-0.3, -0.25) is 0 Å². The summed E-state index contributed by atoms with van der Waals surface area (Å²) in [5.74, 6) is -1.11. The van der Waals surface area contributed by atoms with Crippen LogP contribution in [0.5, 0.6) is 0 Å². The zero-order valence-corrected chi connectivity index (χ0v) is 7.41. The Morgan fingerprint density at radius 1 is 1.36 bits per heavy atom. The Morgan fingerprint density at radius 3 is 2.27 bits per heavy atom. The van der Waals surface area contributed by atoms with Gasteiger partial charge < -0.3 is 9.90 Å². The molecule has 0 spiro atoms. The third-order valence-electron chi connectivity index (χ3n) is 1.36. The van der Waals surface area contributed by atoms with Gasteiger partial charge in [-0.15, -0.1) is 0 Å². The van der Waals surface area contributed by atoms with Gasteiger partial charge in [-0.25, -0.2) is 0 Å². The number of carbonyl (C=O) groups is 1. The molecule has 0 bridgehead atoms. The molecule has 0 N–H and O–H groups in total. The molecule has 0 unspecified atom stereocenters. The SMILES string of the molecule is Cc1ccccc1C(=O)[O-].[Ag+]. The van der Waals surface area contributed by atoms with E-state index in [1.54, 1.807) is 25.1 Å². The molecule has 0 saturated heterocycles. The number of aromatic carboxylic acids is 1. The predicted molar refractivity (Wildman–Crippen MR) is 35.5 cm³/mol. The van der Waals surface area contributed by atoms with Gasteiger partial charge in [0.1, 0.15) is 0 Å². The number of carbonyl (C=O) groups excluding carboxylic acids is 1. The third kappa shape index (κ3) is 2.50. The quantitative estimate of drug-likeness (QED) is 0.668. The minimum atomic E-state index is -1.11.